The number of benzene rings is 1. The summed E-state index contributed by atoms with van der Waals surface area (Å²) in [6, 6.07) is 7.00. The fraction of sp³-hybridized carbons (Fsp3) is 0.591. The first-order valence-electron chi connectivity index (χ1n) is 10.2. The molecular weight excluding hydrogens is 372 g/mol. The van der Waals surface area contributed by atoms with Crippen molar-refractivity contribution < 1.29 is 23.9 Å². The summed E-state index contributed by atoms with van der Waals surface area (Å²) in [4.78, 5) is 38.9. The van der Waals surface area contributed by atoms with Crippen LogP contribution in [0.15, 0.2) is 24.3 Å². The molecule has 0 saturated carbocycles. The molecule has 29 heavy (non-hydrogen) atoms. The Hall–Kier alpha value is -2.57. The zero-order chi connectivity index (χ0) is 21.6. The number of piperidine rings is 1. The predicted molar refractivity (Wildman–Crippen MR) is 111 cm³/mol. The van der Waals surface area contributed by atoms with Gasteiger partial charge in [-0.05, 0) is 51.0 Å². The largest absolute Gasteiger partial charge is 0.494 e. The van der Waals surface area contributed by atoms with Crippen LogP contribution in [0.1, 0.15) is 47.5 Å². The third-order valence-corrected chi connectivity index (χ3v) is 4.85. The minimum Gasteiger partial charge on any atom is -0.494 e. The minimum atomic E-state index is -0.900. The van der Waals surface area contributed by atoms with Gasteiger partial charge in [-0.25, -0.2) is 0 Å². The van der Waals surface area contributed by atoms with Crippen LogP contribution in [0.3, 0.4) is 0 Å². The number of ether oxygens (including phenoxy) is 2. The van der Waals surface area contributed by atoms with Gasteiger partial charge in [-0.2, -0.15) is 0 Å². The van der Waals surface area contributed by atoms with E-state index in [4.69, 9.17) is 9.47 Å². The summed E-state index contributed by atoms with van der Waals surface area (Å²) in [5, 5.41) is 2.73. The number of carbonyl (C=O) groups excluding carboxylic acids is 3. The number of hydrogen-bond donors (Lipinski definition) is 1. The number of nitrogens with zero attached hydrogens (tertiary/aromatic N) is 1. The minimum absolute atomic E-state index is 0.0902. The molecule has 0 aliphatic carbocycles. The van der Waals surface area contributed by atoms with E-state index < -0.39 is 11.5 Å². The third kappa shape index (κ3) is 6.48. The molecule has 1 atom stereocenters. The highest BCUT2D eigenvalue weighted by atomic mass is 16.5. The van der Waals surface area contributed by atoms with Crippen molar-refractivity contribution in [1.82, 2.24) is 4.90 Å². The van der Waals surface area contributed by atoms with Crippen molar-refractivity contribution in [2.75, 3.05) is 25.0 Å². The van der Waals surface area contributed by atoms with Gasteiger partial charge in [0, 0.05) is 24.2 Å². The molecule has 1 aliphatic rings. The Morgan fingerprint density at radius 1 is 1.14 bits per heavy atom. The van der Waals surface area contributed by atoms with Crippen molar-refractivity contribution in [1.29, 1.82) is 0 Å². The van der Waals surface area contributed by atoms with E-state index >= 15 is 0 Å². The van der Waals surface area contributed by atoms with Crippen LogP contribution in [0.25, 0.3) is 0 Å². The van der Waals surface area contributed by atoms with Crippen molar-refractivity contribution in [2.45, 2.75) is 53.6 Å². The molecule has 7 nitrogen and oxygen atoms in total. The lowest BCUT2D eigenvalue weighted by Crippen LogP contribution is -2.45. The van der Waals surface area contributed by atoms with E-state index in [0.717, 1.165) is 5.75 Å². The average molecular weight is 405 g/mol. The molecule has 1 fully saturated rings. The SMILES string of the molecule is CCOc1ccc(NC(=O)[C@H](C)OC(=O)C2CCN(C(=O)C(C)(C)C)CC2)cc1. The van der Waals surface area contributed by atoms with E-state index in [0.29, 0.717) is 38.2 Å². The second-order valence-corrected chi connectivity index (χ2v) is 8.34. The second-order valence-electron chi connectivity index (χ2n) is 8.34. The van der Waals surface area contributed by atoms with Gasteiger partial charge >= 0.3 is 5.97 Å². The van der Waals surface area contributed by atoms with E-state index in [2.05, 4.69) is 5.32 Å². The fourth-order valence-corrected chi connectivity index (χ4v) is 3.16. The molecule has 1 N–H and O–H groups in total. The molecule has 0 unspecified atom stereocenters. The number of rotatable bonds is 6. The Labute approximate surface area is 172 Å². The van der Waals surface area contributed by atoms with Crippen LogP contribution in [-0.2, 0) is 19.1 Å². The van der Waals surface area contributed by atoms with Crippen LogP contribution >= 0.6 is 0 Å². The number of amides is 2. The first-order chi connectivity index (χ1) is 13.6. The molecule has 1 saturated heterocycles. The van der Waals surface area contributed by atoms with Crippen molar-refractivity contribution >= 4 is 23.5 Å². The van der Waals surface area contributed by atoms with E-state index in [1.807, 2.05) is 27.7 Å². The first kappa shape index (κ1) is 22.7. The van der Waals surface area contributed by atoms with Crippen molar-refractivity contribution in [3.63, 3.8) is 0 Å². The number of likely N-dealkylation sites (tertiary alicyclic amines) is 1. The maximum atomic E-state index is 12.4. The summed E-state index contributed by atoms with van der Waals surface area (Å²) < 4.78 is 10.7. The molecule has 2 rings (SSSR count). The van der Waals surface area contributed by atoms with Gasteiger partial charge in [0.1, 0.15) is 5.75 Å². The molecule has 0 radical (unpaired) electrons. The summed E-state index contributed by atoms with van der Waals surface area (Å²) in [7, 11) is 0. The monoisotopic (exact) mass is 404 g/mol. The maximum absolute atomic E-state index is 12.4. The van der Waals surface area contributed by atoms with Crippen LogP contribution in [0, 0.1) is 11.3 Å². The molecule has 1 aliphatic heterocycles. The lowest BCUT2D eigenvalue weighted by atomic mass is 9.91. The standard InChI is InChI=1S/C22H32N2O5/c1-6-28-18-9-7-17(8-10-18)23-19(25)15(2)29-20(26)16-11-13-24(14-12-16)21(27)22(3,4)5/h7-10,15-16H,6,11-14H2,1-5H3,(H,23,25)/t15-/m0/s1. The Balaban J connectivity index is 1.81. The smallest absolute Gasteiger partial charge is 0.309 e. The topological polar surface area (TPSA) is 84.9 Å². The average Bonchev–Trinajstić information content (AvgIpc) is 2.68. The van der Waals surface area contributed by atoms with Gasteiger partial charge in [-0.3, -0.25) is 14.4 Å². The van der Waals surface area contributed by atoms with Crippen molar-refractivity contribution in [3.05, 3.63) is 24.3 Å². The quantitative estimate of drug-likeness (QED) is 0.736. The second kappa shape index (κ2) is 9.76. The first-order valence-corrected chi connectivity index (χ1v) is 10.2. The van der Waals surface area contributed by atoms with Crippen LogP contribution in [0.2, 0.25) is 0 Å². The van der Waals surface area contributed by atoms with Gasteiger partial charge in [-0.1, -0.05) is 20.8 Å². The number of anilines is 1. The molecule has 0 spiro atoms. The zero-order valence-electron chi connectivity index (χ0n) is 18.0. The van der Waals surface area contributed by atoms with E-state index in [-0.39, 0.29) is 23.7 Å². The van der Waals surface area contributed by atoms with Gasteiger partial charge in [0.05, 0.1) is 12.5 Å². The predicted octanol–water partition coefficient (Wildman–Crippen LogP) is 3.24. The molecule has 1 aromatic carbocycles. The third-order valence-electron chi connectivity index (χ3n) is 4.85. The number of hydrogen-bond acceptors (Lipinski definition) is 5. The van der Waals surface area contributed by atoms with Gasteiger partial charge in [0.25, 0.3) is 5.91 Å². The Kier molecular flexibility index (Phi) is 7.65. The summed E-state index contributed by atoms with van der Waals surface area (Å²) in [6.45, 7) is 10.8. The lowest BCUT2D eigenvalue weighted by Gasteiger charge is -2.35. The fourth-order valence-electron chi connectivity index (χ4n) is 3.16. The van der Waals surface area contributed by atoms with Gasteiger partial charge < -0.3 is 19.7 Å². The van der Waals surface area contributed by atoms with Crippen LogP contribution in [0.4, 0.5) is 5.69 Å². The summed E-state index contributed by atoms with van der Waals surface area (Å²) in [6.07, 6.45) is 0.199. The molecule has 7 heteroatoms. The Morgan fingerprint density at radius 2 is 1.72 bits per heavy atom. The number of nitrogens with one attached hydrogen (secondary N) is 1. The number of esters is 1. The van der Waals surface area contributed by atoms with Gasteiger partial charge in [-0.15, -0.1) is 0 Å². The van der Waals surface area contributed by atoms with Crippen LogP contribution in [0.5, 0.6) is 5.75 Å². The van der Waals surface area contributed by atoms with E-state index in [9.17, 15) is 14.4 Å². The van der Waals surface area contributed by atoms with Crippen molar-refractivity contribution in [2.24, 2.45) is 11.3 Å². The zero-order valence-corrected chi connectivity index (χ0v) is 18.0. The number of carbonyl (C=O) groups is 3. The molecule has 160 valence electrons. The van der Waals surface area contributed by atoms with Gasteiger partial charge in [0.2, 0.25) is 5.91 Å². The van der Waals surface area contributed by atoms with Crippen LogP contribution in [-0.4, -0.2) is 48.5 Å². The highest BCUT2D eigenvalue weighted by Crippen LogP contribution is 2.24. The molecule has 1 aromatic rings. The Morgan fingerprint density at radius 3 is 2.24 bits per heavy atom. The van der Waals surface area contributed by atoms with Crippen LogP contribution < -0.4 is 10.1 Å². The summed E-state index contributed by atoms with van der Waals surface area (Å²) >= 11 is 0. The maximum Gasteiger partial charge on any atom is 0.309 e. The highest BCUT2D eigenvalue weighted by Gasteiger charge is 2.33. The molecule has 0 bridgehead atoms. The van der Waals surface area contributed by atoms with Crippen molar-refractivity contribution in [3.8, 4) is 5.75 Å². The summed E-state index contributed by atoms with van der Waals surface area (Å²) in [5.41, 5.74) is 0.177. The molecular formula is C22H32N2O5. The highest BCUT2D eigenvalue weighted by molar-refractivity contribution is 5.95. The molecule has 1 heterocycles. The lowest BCUT2D eigenvalue weighted by molar-refractivity contribution is -0.160. The normalized spacial score (nSPS) is 16.1. The Bertz CT molecular complexity index is 716. The molecule has 2 amide bonds. The van der Waals surface area contributed by atoms with E-state index in [1.165, 1.54) is 0 Å². The van der Waals surface area contributed by atoms with E-state index in [1.54, 1.807) is 36.1 Å². The molecule has 0 aromatic heterocycles. The van der Waals surface area contributed by atoms with Gasteiger partial charge in [0.15, 0.2) is 6.10 Å². The summed E-state index contributed by atoms with van der Waals surface area (Å²) in [5.74, 6) is -0.251.